The Morgan fingerprint density at radius 3 is 2.35 bits per heavy atom. The van der Waals surface area contributed by atoms with Crippen LogP contribution in [0.3, 0.4) is 0 Å². The van der Waals surface area contributed by atoms with Crippen molar-refractivity contribution in [1.29, 1.82) is 0 Å². The Bertz CT molecular complexity index is 1480. The number of ketones is 1. The topological polar surface area (TPSA) is 118 Å². The summed E-state index contributed by atoms with van der Waals surface area (Å²) in [5.74, 6) is -0.716. The number of thioether (sulfide) groups is 1. The highest BCUT2D eigenvalue weighted by atomic mass is 32.2. The predicted octanol–water partition coefficient (Wildman–Crippen LogP) is 2.09. The SMILES string of the molecule is Cn1c(N)c(C(=O)CSc2nnc(-c3ccc(F)cc3)n2Cc2ccccc2)c(=O)n(C)c1=O. The Morgan fingerprint density at radius 2 is 1.68 bits per heavy atom. The number of Topliss-reactive ketones (excluding diaryl/α,β-unsaturated/α-hetero) is 1. The molecule has 2 aromatic carbocycles. The zero-order valence-corrected chi connectivity index (χ0v) is 19.3. The first-order valence-corrected chi connectivity index (χ1v) is 11.2. The molecule has 0 fully saturated rings. The Balaban J connectivity index is 1.67. The maximum Gasteiger partial charge on any atom is 0.332 e. The second-order valence-electron chi connectivity index (χ2n) is 7.56. The van der Waals surface area contributed by atoms with Crippen LogP contribution in [-0.2, 0) is 20.6 Å². The normalized spacial score (nSPS) is 11.0. The highest BCUT2D eigenvalue weighted by molar-refractivity contribution is 7.99. The summed E-state index contributed by atoms with van der Waals surface area (Å²) in [5.41, 5.74) is 5.95. The fraction of sp³-hybridized carbons (Fsp3) is 0.174. The molecule has 0 aliphatic carbocycles. The Kier molecular flexibility index (Phi) is 6.46. The molecule has 0 aliphatic rings. The lowest BCUT2D eigenvalue weighted by Crippen LogP contribution is -2.41. The molecule has 9 nitrogen and oxygen atoms in total. The number of aromatic nitrogens is 5. The highest BCUT2D eigenvalue weighted by Gasteiger charge is 2.22. The van der Waals surface area contributed by atoms with E-state index in [9.17, 15) is 18.8 Å². The minimum absolute atomic E-state index is 0.145. The second kappa shape index (κ2) is 9.48. The summed E-state index contributed by atoms with van der Waals surface area (Å²) in [5, 5.41) is 8.93. The molecule has 2 aromatic heterocycles. The number of carbonyl (C=O) groups excluding carboxylic acids is 1. The van der Waals surface area contributed by atoms with Crippen molar-refractivity contribution < 1.29 is 9.18 Å². The molecule has 0 spiro atoms. The first kappa shape index (κ1) is 23.2. The third-order valence-electron chi connectivity index (χ3n) is 5.32. The third kappa shape index (κ3) is 4.42. The van der Waals surface area contributed by atoms with Gasteiger partial charge in [0.25, 0.3) is 5.56 Å². The molecule has 174 valence electrons. The first-order valence-electron chi connectivity index (χ1n) is 10.2. The van der Waals surface area contributed by atoms with Gasteiger partial charge in [-0.1, -0.05) is 42.1 Å². The Morgan fingerprint density at radius 1 is 1.00 bits per heavy atom. The van der Waals surface area contributed by atoms with E-state index in [-0.39, 0.29) is 23.0 Å². The molecule has 34 heavy (non-hydrogen) atoms. The standard InChI is InChI=1S/C23H21FN6O3S/c1-28-19(25)18(21(32)29(2)23(28)33)17(31)13-34-22-27-26-20(15-8-10-16(24)11-9-15)30(22)12-14-6-4-3-5-7-14/h3-11H,12-13,25H2,1-2H3. The van der Waals surface area contributed by atoms with E-state index in [0.717, 1.165) is 26.5 Å². The maximum atomic E-state index is 13.4. The molecule has 2 heterocycles. The van der Waals surface area contributed by atoms with Gasteiger partial charge in [0.2, 0.25) is 0 Å². The van der Waals surface area contributed by atoms with E-state index < -0.39 is 17.0 Å². The zero-order chi connectivity index (χ0) is 24.4. The number of anilines is 1. The van der Waals surface area contributed by atoms with Crippen molar-refractivity contribution in [1.82, 2.24) is 23.9 Å². The molecular formula is C23H21FN6O3S. The minimum atomic E-state index is -0.746. The molecule has 2 N–H and O–H groups in total. The van der Waals surface area contributed by atoms with Crippen LogP contribution in [0.4, 0.5) is 10.2 Å². The van der Waals surface area contributed by atoms with Gasteiger partial charge in [-0.15, -0.1) is 10.2 Å². The number of nitrogen functional groups attached to an aromatic ring is 1. The van der Waals surface area contributed by atoms with Crippen LogP contribution in [0.2, 0.25) is 0 Å². The molecule has 0 aliphatic heterocycles. The zero-order valence-electron chi connectivity index (χ0n) is 18.4. The van der Waals surface area contributed by atoms with Gasteiger partial charge in [-0.2, -0.15) is 0 Å². The molecule has 0 saturated heterocycles. The van der Waals surface area contributed by atoms with E-state index in [1.54, 1.807) is 12.1 Å². The lowest BCUT2D eigenvalue weighted by molar-refractivity contribution is 0.102. The van der Waals surface area contributed by atoms with E-state index in [2.05, 4.69) is 10.2 Å². The summed E-state index contributed by atoms with van der Waals surface area (Å²) in [6.45, 7) is 0.417. The molecule has 4 rings (SSSR count). The van der Waals surface area contributed by atoms with Gasteiger partial charge in [0.15, 0.2) is 16.8 Å². The van der Waals surface area contributed by atoms with E-state index in [0.29, 0.717) is 23.1 Å². The number of halogens is 1. The van der Waals surface area contributed by atoms with E-state index in [1.807, 2.05) is 34.9 Å². The molecule has 4 aromatic rings. The van der Waals surface area contributed by atoms with Crippen molar-refractivity contribution in [2.75, 3.05) is 11.5 Å². The molecule has 0 unspecified atom stereocenters. The molecule has 0 amide bonds. The summed E-state index contributed by atoms with van der Waals surface area (Å²) in [7, 11) is 2.69. The van der Waals surface area contributed by atoms with Crippen LogP contribution in [0.5, 0.6) is 0 Å². The number of nitrogens with zero attached hydrogens (tertiary/aromatic N) is 5. The number of hydrogen-bond acceptors (Lipinski definition) is 7. The molecule has 0 bridgehead atoms. The van der Waals surface area contributed by atoms with Gasteiger partial charge in [0.05, 0.1) is 12.3 Å². The van der Waals surface area contributed by atoms with Gasteiger partial charge in [0.1, 0.15) is 17.2 Å². The number of benzene rings is 2. The average Bonchev–Trinajstić information content (AvgIpc) is 3.23. The van der Waals surface area contributed by atoms with Crippen molar-refractivity contribution in [3.05, 3.63) is 92.4 Å². The summed E-state index contributed by atoms with van der Waals surface area (Å²) >= 11 is 1.10. The van der Waals surface area contributed by atoms with Crippen molar-refractivity contribution in [3.63, 3.8) is 0 Å². The number of rotatable bonds is 7. The van der Waals surface area contributed by atoms with Crippen molar-refractivity contribution in [2.45, 2.75) is 11.7 Å². The smallest absolute Gasteiger partial charge is 0.332 e. The van der Waals surface area contributed by atoms with Crippen molar-refractivity contribution in [3.8, 4) is 11.4 Å². The average molecular weight is 481 g/mol. The van der Waals surface area contributed by atoms with Crippen LogP contribution in [0.25, 0.3) is 11.4 Å². The quantitative estimate of drug-likeness (QED) is 0.318. The predicted molar refractivity (Wildman–Crippen MR) is 127 cm³/mol. The van der Waals surface area contributed by atoms with E-state index in [1.165, 1.54) is 26.2 Å². The highest BCUT2D eigenvalue weighted by Crippen LogP contribution is 2.26. The first-order chi connectivity index (χ1) is 16.3. The molecule has 11 heteroatoms. The third-order valence-corrected chi connectivity index (χ3v) is 6.29. The Hall–Kier alpha value is -3.99. The lowest BCUT2D eigenvalue weighted by atomic mass is 10.2. The largest absolute Gasteiger partial charge is 0.384 e. The van der Waals surface area contributed by atoms with Crippen molar-refractivity contribution in [2.24, 2.45) is 14.1 Å². The van der Waals surface area contributed by atoms with Gasteiger partial charge >= 0.3 is 5.69 Å². The van der Waals surface area contributed by atoms with Crippen LogP contribution in [0.1, 0.15) is 15.9 Å². The summed E-state index contributed by atoms with van der Waals surface area (Å²) in [6, 6.07) is 15.5. The second-order valence-corrected chi connectivity index (χ2v) is 8.51. The lowest BCUT2D eigenvalue weighted by Gasteiger charge is -2.12. The van der Waals surface area contributed by atoms with E-state index in [4.69, 9.17) is 5.73 Å². The molecule has 0 atom stereocenters. The van der Waals surface area contributed by atoms with Gasteiger partial charge in [-0.3, -0.25) is 23.3 Å². The fourth-order valence-electron chi connectivity index (χ4n) is 3.44. The van der Waals surface area contributed by atoms with Crippen LogP contribution >= 0.6 is 11.8 Å². The Labute approximate surface area is 197 Å². The molecular weight excluding hydrogens is 459 g/mol. The molecule has 0 radical (unpaired) electrons. The summed E-state index contributed by atoms with van der Waals surface area (Å²) in [4.78, 5) is 37.5. The molecule has 0 saturated carbocycles. The number of carbonyl (C=O) groups is 1. The van der Waals surface area contributed by atoms with E-state index >= 15 is 0 Å². The number of nitrogens with two attached hydrogens (primary N) is 1. The van der Waals surface area contributed by atoms with Crippen LogP contribution < -0.4 is 17.0 Å². The number of hydrogen-bond donors (Lipinski definition) is 1. The summed E-state index contributed by atoms with van der Waals surface area (Å²) in [6.07, 6.45) is 0. The van der Waals surface area contributed by atoms with Gasteiger partial charge < -0.3 is 5.73 Å². The van der Waals surface area contributed by atoms with Gasteiger partial charge in [-0.25, -0.2) is 9.18 Å². The fourth-order valence-corrected chi connectivity index (χ4v) is 4.25. The van der Waals surface area contributed by atoms with Crippen LogP contribution in [0.15, 0.2) is 69.3 Å². The minimum Gasteiger partial charge on any atom is -0.384 e. The van der Waals surface area contributed by atoms with Gasteiger partial charge in [-0.05, 0) is 29.8 Å². The van der Waals surface area contributed by atoms with Gasteiger partial charge in [0, 0.05) is 19.7 Å². The monoisotopic (exact) mass is 480 g/mol. The van der Waals surface area contributed by atoms with Crippen LogP contribution in [-0.4, -0.2) is 35.4 Å². The van der Waals surface area contributed by atoms with Crippen LogP contribution in [0, 0.1) is 5.82 Å². The maximum absolute atomic E-state index is 13.4. The summed E-state index contributed by atoms with van der Waals surface area (Å²) < 4.78 is 17.2. The van der Waals surface area contributed by atoms with Crippen molar-refractivity contribution >= 4 is 23.4 Å².